The highest BCUT2D eigenvalue weighted by atomic mass is 16.5. The Morgan fingerprint density at radius 3 is 2.59 bits per heavy atom. The molecule has 0 unspecified atom stereocenters. The molecule has 0 amide bonds. The molecule has 0 heterocycles. The summed E-state index contributed by atoms with van der Waals surface area (Å²) in [5.74, 6) is 0.769. The van der Waals surface area contributed by atoms with E-state index in [4.69, 9.17) is 19.5 Å². The molecular weight excluding hydrogens is 219 g/mol. The summed E-state index contributed by atoms with van der Waals surface area (Å²) in [5.41, 5.74) is 1.37. The van der Waals surface area contributed by atoms with Crippen LogP contribution in [0, 0.1) is 6.92 Å². The zero-order valence-corrected chi connectivity index (χ0v) is 10.3. The smallest absolute Gasteiger partial charge is 0.488 e. The summed E-state index contributed by atoms with van der Waals surface area (Å²) < 4.78 is 10.8. The molecule has 2 N–H and O–H groups in total. The number of ether oxygens (including phenoxy) is 2. The summed E-state index contributed by atoms with van der Waals surface area (Å²) in [7, 11) is -1.43. The number of hydrogen-bond donors (Lipinski definition) is 2. The molecule has 94 valence electrons. The summed E-state index contributed by atoms with van der Waals surface area (Å²) in [4.78, 5) is 0. The number of benzene rings is 1. The fourth-order valence-electron chi connectivity index (χ4n) is 1.48. The van der Waals surface area contributed by atoms with Gasteiger partial charge in [0.2, 0.25) is 0 Å². The maximum atomic E-state index is 9.01. The van der Waals surface area contributed by atoms with Crippen molar-refractivity contribution in [3.8, 4) is 5.75 Å². The Morgan fingerprint density at radius 2 is 2.00 bits per heavy atom. The minimum absolute atomic E-state index is 0.476. The standard InChI is InChI=1S/C12H19BO4/c1-3-16-7-4-8-17-12-6-5-11(13(14)15)9-10(12)2/h5-6,9,14-15H,3-4,7-8H2,1-2H3. The molecule has 1 aromatic rings. The zero-order valence-electron chi connectivity index (χ0n) is 10.3. The third-order valence-electron chi connectivity index (χ3n) is 2.39. The fourth-order valence-corrected chi connectivity index (χ4v) is 1.48. The Hall–Kier alpha value is -1.04. The van der Waals surface area contributed by atoms with E-state index in [1.54, 1.807) is 18.2 Å². The topological polar surface area (TPSA) is 58.9 Å². The molecule has 0 aliphatic heterocycles. The van der Waals surface area contributed by atoms with Crippen LogP contribution in [0.25, 0.3) is 0 Å². The van der Waals surface area contributed by atoms with Crippen LogP contribution >= 0.6 is 0 Å². The quantitative estimate of drug-likeness (QED) is 0.535. The van der Waals surface area contributed by atoms with Gasteiger partial charge in [0.25, 0.3) is 0 Å². The lowest BCUT2D eigenvalue weighted by Gasteiger charge is -2.10. The van der Waals surface area contributed by atoms with Gasteiger partial charge in [0, 0.05) is 19.6 Å². The Kier molecular flexibility index (Phi) is 6.04. The van der Waals surface area contributed by atoms with Crippen LogP contribution in [0.5, 0.6) is 5.75 Å². The van der Waals surface area contributed by atoms with Gasteiger partial charge in [0.1, 0.15) is 5.75 Å². The van der Waals surface area contributed by atoms with Gasteiger partial charge >= 0.3 is 7.12 Å². The Balaban J connectivity index is 2.43. The van der Waals surface area contributed by atoms with E-state index in [0.717, 1.165) is 24.3 Å². The van der Waals surface area contributed by atoms with E-state index in [1.807, 2.05) is 13.8 Å². The van der Waals surface area contributed by atoms with Gasteiger partial charge in [-0.25, -0.2) is 0 Å². The largest absolute Gasteiger partial charge is 0.493 e. The summed E-state index contributed by atoms with van der Waals surface area (Å²) in [5, 5.41) is 18.0. The van der Waals surface area contributed by atoms with Gasteiger partial charge < -0.3 is 19.5 Å². The SMILES string of the molecule is CCOCCCOc1ccc(B(O)O)cc1C. The van der Waals surface area contributed by atoms with E-state index in [9.17, 15) is 0 Å². The van der Waals surface area contributed by atoms with Crippen molar-refractivity contribution >= 4 is 12.6 Å². The molecular formula is C12H19BO4. The Bertz CT molecular complexity index is 341. The molecule has 0 saturated heterocycles. The first-order valence-corrected chi connectivity index (χ1v) is 5.82. The monoisotopic (exact) mass is 238 g/mol. The Labute approximate surface area is 102 Å². The highest BCUT2D eigenvalue weighted by Crippen LogP contribution is 2.15. The normalized spacial score (nSPS) is 10.4. The second-order valence-corrected chi connectivity index (χ2v) is 3.80. The van der Waals surface area contributed by atoms with Crippen LogP contribution in [0.4, 0.5) is 0 Å². The van der Waals surface area contributed by atoms with E-state index in [1.165, 1.54) is 0 Å². The van der Waals surface area contributed by atoms with Gasteiger partial charge in [-0.2, -0.15) is 0 Å². The second-order valence-electron chi connectivity index (χ2n) is 3.80. The van der Waals surface area contributed by atoms with Crippen molar-refractivity contribution in [3.63, 3.8) is 0 Å². The molecule has 0 aromatic heterocycles. The third kappa shape index (κ3) is 4.77. The average molecular weight is 238 g/mol. The molecule has 0 bridgehead atoms. The lowest BCUT2D eigenvalue weighted by Crippen LogP contribution is -2.29. The average Bonchev–Trinajstić information content (AvgIpc) is 2.30. The predicted octanol–water partition coefficient (Wildman–Crippen LogP) is 0.480. The lowest BCUT2D eigenvalue weighted by molar-refractivity contribution is 0.130. The molecule has 17 heavy (non-hydrogen) atoms. The first-order valence-electron chi connectivity index (χ1n) is 5.82. The van der Waals surface area contributed by atoms with Crippen molar-refractivity contribution < 1.29 is 19.5 Å². The minimum atomic E-state index is -1.43. The Morgan fingerprint density at radius 1 is 1.24 bits per heavy atom. The van der Waals surface area contributed by atoms with Crippen LogP contribution < -0.4 is 10.2 Å². The summed E-state index contributed by atoms with van der Waals surface area (Å²) in [6.07, 6.45) is 0.845. The van der Waals surface area contributed by atoms with Crippen LogP contribution in [0.15, 0.2) is 18.2 Å². The first-order chi connectivity index (χ1) is 8.15. The van der Waals surface area contributed by atoms with Crippen molar-refractivity contribution in [1.29, 1.82) is 0 Å². The van der Waals surface area contributed by atoms with E-state index in [2.05, 4.69) is 0 Å². The van der Waals surface area contributed by atoms with E-state index in [0.29, 0.717) is 18.7 Å². The molecule has 0 atom stereocenters. The van der Waals surface area contributed by atoms with Crippen LogP contribution in [0.3, 0.4) is 0 Å². The molecule has 1 aromatic carbocycles. The van der Waals surface area contributed by atoms with Gasteiger partial charge in [0.05, 0.1) is 6.61 Å². The number of rotatable bonds is 7. The van der Waals surface area contributed by atoms with Crippen LogP contribution in [0.1, 0.15) is 18.9 Å². The summed E-state index contributed by atoms with van der Waals surface area (Å²) in [6.45, 7) is 5.86. The molecule has 0 aliphatic rings. The van der Waals surface area contributed by atoms with Gasteiger partial charge in [-0.15, -0.1) is 0 Å². The first kappa shape index (κ1) is 14.0. The maximum Gasteiger partial charge on any atom is 0.488 e. The molecule has 0 fully saturated rings. The number of aryl methyl sites for hydroxylation is 1. The maximum absolute atomic E-state index is 9.01. The van der Waals surface area contributed by atoms with Crippen LogP contribution in [-0.2, 0) is 4.74 Å². The molecule has 0 saturated carbocycles. The van der Waals surface area contributed by atoms with Crippen molar-refractivity contribution in [3.05, 3.63) is 23.8 Å². The van der Waals surface area contributed by atoms with Gasteiger partial charge in [-0.1, -0.05) is 12.1 Å². The van der Waals surface area contributed by atoms with E-state index in [-0.39, 0.29) is 0 Å². The zero-order chi connectivity index (χ0) is 12.7. The molecule has 5 heteroatoms. The van der Waals surface area contributed by atoms with Crippen molar-refractivity contribution in [2.45, 2.75) is 20.3 Å². The van der Waals surface area contributed by atoms with Crippen LogP contribution in [-0.4, -0.2) is 37.0 Å². The van der Waals surface area contributed by atoms with Crippen molar-refractivity contribution in [2.75, 3.05) is 19.8 Å². The van der Waals surface area contributed by atoms with E-state index < -0.39 is 7.12 Å². The highest BCUT2D eigenvalue weighted by Gasteiger charge is 2.12. The van der Waals surface area contributed by atoms with Crippen molar-refractivity contribution in [1.82, 2.24) is 0 Å². The molecule has 0 spiro atoms. The van der Waals surface area contributed by atoms with Crippen LogP contribution in [0.2, 0.25) is 0 Å². The van der Waals surface area contributed by atoms with Gasteiger partial charge in [0.15, 0.2) is 0 Å². The van der Waals surface area contributed by atoms with Crippen molar-refractivity contribution in [2.24, 2.45) is 0 Å². The summed E-state index contributed by atoms with van der Waals surface area (Å²) >= 11 is 0. The predicted molar refractivity (Wildman–Crippen MR) is 67.6 cm³/mol. The molecule has 0 radical (unpaired) electrons. The fraction of sp³-hybridized carbons (Fsp3) is 0.500. The van der Waals surface area contributed by atoms with Gasteiger partial charge in [-0.05, 0) is 30.9 Å². The number of hydrogen-bond acceptors (Lipinski definition) is 4. The molecule has 0 aliphatic carbocycles. The molecule has 4 nitrogen and oxygen atoms in total. The minimum Gasteiger partial charge on any atom is -0.493 e. The third-order valence-corrected chi connectivity index (χ3v) is 2.39. The van der Waals surface area contributed by atoms with E-state index >= 15 is 0 Å². The summed E-state index contributed by atoms with van der Waals surface area (Å²) in [6, 6.07) is 5.11. The second kappa shape index (κ2) is 7.32. The lowest BCUT2D eigenvalue weighted by atomic mass is 9.79. The van der Waals surface area contributed by atoms with Gasteiger partial charge in [-0.3, -0.25) is 0 Å². The highest BCUT2D eigenvalue weighted by molar-refractivity contribution is 6.58. The molecule has 1 rings (SSSR count).